The van der Waals surface area contributed by atoms with Crippen molar-refractivity contribution in [2.24, 2.45) is 0 Å². The van der Waals surface area contributed by atoms with E-state index in [1.54, 1.807) is 17.3 Å². The molecular weight excluding hydrogens is 236 g/mol. The van der Waals surface area contributed by atoms with Gasteiger partial charge in [0.2, 0.25) is 11.8 Å². The maximum absolute atomic E-state index is 11.6. The van der Waals surface area contributed by atoms with Gasteiger partial charge in [0, 0.05) is 18.3 Å². The molecule has 0 saturated carbocycles. The number of fused-ring (bicyclic) bond motifs is 1. The van der Waals surface area contributed by atoms with Crippen molar-refractivity contribution >= 4 is 22.9 Å². The van der Waals surface area contributed by atoms with Crippen molar-refractivity contribution in [1.29, 1.82) is 0 Å². The minimum atomic E-state index is 0.0405. The standard InChI is InChI=1S/C12H10N2O2S/c1-14-9-3-2-7(4-8(9)5-11(14)16)12-13-10(15)6-17-12/h2-4,6,15H,5H2,1H3. The van der Waals surface area contributed by atoms with Crippen LogP contribution in [-0.2, 0) is 11.2 Å². The van der Waals surface area contributed by atoms with Crippen LogP contribution in [-0.4, -0.2) is 23.0 Å². The van der Waals surface area contributed by atoms with E-state index in [-0.39, 0.29) is 11.8 Å². The van der Waals surface area contributed by atoms with Crippen LogP contribution in [0, 0.1) is 0 Å². The largest absolute Gasteiger partial charge is 0.493 e. The minimum absolute atomic E-state index is 0.0405. The summed E-state index contributed by atoms with van der Waals surface area (Å²) in [5.41, 5.74) is 2.92. The van der Waals surface area contributed by atoms with Gasteiger partial charge in [-0.2, -0.15) is 0 Å². The highest BCUT2D eigenvalue weighted by atomic mass is 32.1. The number of benzene rings is 1. The Kier molecular flexibility index (Phi) is 2.16. The molecule has 5 heteroatoms. The Bertz CT molecular complexity index is 606. The second-order valence-corrected chi connectivity index (χ2v) is 4.84. The fourth-order valence-electron chi connectivity index (χ4n) is 2.00. The van der Waals surface area contributed by atoms with E-state index in [9.17, 15) is 9.90 Å². The Balaban J connectivity index is 2.06. The summed E-state index contributed by atoms with van der Waals surface area (Å²) in [5.74, 6) is 0.151. The first kappa shape index (κ1) is 10.3. The van der Waals surface area contributed by atoms with Crippen LogP contribution < -0.4 is 4.90 Å². The zero-order chi connectivity index (χ0) is 12.0. The van der Waals surface area contributed by atoms with Gasteiger partial charge in [-0.05, 0) is 23.8 Å². The third-order valence-corrected chi connectivity index (χ3v) is 3.77. The lowest BCUT2D eigenvalue weighted by molar-refractivity contribution is -0.117. The first-order valence-corrected chi connectivity index (χ1v) is 6.07. The number of hydrogen-bond acceptors (Lipinski definition) is 4. The zero-order valence-corrected chi connectivity index (χ0v) is 9.99. The second kappa shape index (κ2) is 3.56. The Hall–Kier alpha value is -1.88. The number of rotatable bonds is 1. The predicted molar refractivity (Wildman–Crippen MR) is 66.3 cm³/mol. The summed E-state index contributed by atoms with van der Waals surface area (Å²) in [6, 6.07) is 5.81. The van der Waals surface area contributed by atoms with Gasteiger partial charge in [0.05, 0.1) is 11.8 Å². The van der Waals surface area contributed by atoms with Crippen LogP contribution in [0.2, 0.25) is 0 Å². The molecule has 0 aliphatic carbocycles. The molecule has 1 aliphatic rings. The molecule has 0 radical (unpaired) electrons. The number of thiazole rings is 1. The predicted octanol–water partition coefficient (Wildman–Crippen LogP) is 2.03. The highest BCUT2D eigenvalue weighted by Crippen LogP contribution is 2.33. The molecule has 2 aromatic rings. The molecule has 2 heterocycles. The van der Waals surface area contributed by atoms with Crippen LogP contribution in [0.1, 0.15) is 5.56 Å². The van der Waals surface area contributed by atoms with Gasteiger partial charge in [-0.3, -0.25) is 4.79 Å². The van der Waals surface area contributed by atoms with Gasteiger partial charge < -0.3 is 10.0 Å². The highest BCUT2D eigenvalue weighted by Gasteiger charge is 2.24. The molecule has 4 nitrogen and oxygen atoms in total. The lowest BCUT2D eigenvalue weighted by atomic mass is 10.1. The van der Waals surface area contributed by atoms with E-state index >= 15 is 0 Å². The fourth-order valence-corrected chi connectivity index (χ4v) is 2.68. The summed E-state index contributed by atoms with van der Waals surface area (Å²) in [4.78, 5) is 17.2. The van der Waals surface area contributed by atoms with Crippen molar-refractivity contribution in [3.8, 4) is 16.5 Å². The molecule has 17 heavy (non-hydrogen) atoms. The van der Waals surface area contributed by atoms with Crippen LogP contribution in [0.15, 0.2) is 23.6 Å². The number of likely N-dealkylation sites (N-methyl/N-ethyl adjacent to an activating group) is 1. The average Bonchev–Trinajstić information content (AvgIpc) is 2.85. The van der Waals surface area contributed by atoms with Crippen molar-refractivity contribution in [2.75, 3.05) is 11.9 Å². The van der Waals surface area contributed by atoms with E-state index in [1.165, 1.54) is 11.3 Å². The lowest BCUT2D eigenvalue weighted by Gasteiger charge is -2.09. The number of aromatic hydroxyl groups is 1. The molecule has 0 saturated heterocycles. The second-order valence-electron chi connectivity index (χ2n) is 3.98. The molecule has 86 valence electrons. The van der Waals surface area contributed by atoms with E-state index < -0.39 is 0 Å². The van der Waals surface area contributed by atoms with Crippen LogP contribution in [0.4, 0.5) is 5.69 Å². The number of aromatic nitrogens is 1. The molecule has 1 N–H and O–H groups in total. The number of carbonyl (C=O) groups excluding carboxylic acids is 1. The summed E-state index contributed by atoms with van der Waals surface area (Å²) in [6.45, 7) is 0. The Morgan fingerprint density at radius 2 is 2.29 bits per heavy atom. The lowest BCUT2D eigenvalue weighted by Crippen LogP contribution is -2.20. The smallest absolute Gasteiger partial charge is 0.231 e. The number of carbonyl (C=O) groups is 1. The van der Waals surface area contributed by atoms with E-state index in [0.717, 1.165) is 21.8 Å². The topological polar surface area (TPSA) is 53.4 Å². The van der Waals surface area contributed by atoms with Crippen molar-refractivity contribution in [3.05, 3.63) is 29.1 Å². The minimum Gasteiger partial charge on any atom is -0.493 e. The normalized spacial score (nSPS) is 14.2. The van der Waals surface area contributed by atoms with E-state index in [2.05, 4.69) is 4.98 Å². The van der Waals surface area contributed by atoms with Crippen LogP contribution >= 0.6 is 11.3 Å². The summed E-state index contributed by atoms with van der Waals surface area (Å²) in [6.07, 6.45) is 0.441. The molecule has 3 rings (SSSR count). The molecule has 1 aromatic heterocycles. The summed E-state index contributed by atoms with van der Waals surface area (Å²) in [7, 11) is 1.78. The van der Waals surface area contributed by atoms with Crippen molar-refractivity contribution in [1.82, 2.24) is 4.98 Å². The van der Waals surface area contributed by atoms with Crippen molar-refractivity contribution < 1.29 is 9.90 Å². The van der Waals surface area contributed by atoms with Gasteiger partial charge in [-0.1, -0.05) is 0 Å². The Morgan fingerprint density at radius 1 is 1.47 bits per heavy atom. The SMILES string of the molecule is CN1C(=O)Cc2cc(-c3nc(O)cs3)ccc21. The van der Waals surface area contributed by atoms with Gasteiger partial charge in [-0.15, -0.1) is 11.3 Å². The quantitative estimate of drug-likeness (QED) is 0.837. The first-order chi connectivity index (χ1) is 8.15. The number of hydrogen-bond donors (Lipinski definition) is 1. The van der Waals surface area contributed by atoms with Gasteiger partial charge in [0.15, 0.2) is 0 Å². The molecule has 0 fully saturated rings. The van der Waals surface area contributed by atoms with Crippen LogP contribution in [0.25, 0.3) is 10.6 Å². The van der Waals surface area contributed by atoms with E-state index in [4.69, 9.17) is 0 Å². The van der Waals surface area contributed by atoms with Crippen LogP contribution in [0.3, 0.4) is 0 Å². The van der Waals surface area contributed by atoms with E-state index in [0.29, 0.717) is 6.42 Å². The maximum atomic E-state index is 11.6. The fraction of sp³-hybridized carbons (Fsp3) is 0.167. The van der Waals surface area contributed by atoms with E-state index in [1.807, 2.05) is 18.2 Å². The zero-order valence-electron chi connectivity index (χ0n) is 9.17. The number of amides is 1. The third kappa shape index (κ3) is 1.59. The molecule has 0 unspecified atom stereocenters. The summed E-state index contributed by atoms with van der Waals surface area (Å²) >= 11 is 1.39. The molecule has 0 spiro atoms. The molecule has 1 aromatic carbocycles. The maximum Gasteiger partial charge on any atom is 0.231 e. The molecule has 0 bridgehead atoms. The van der Waals surface area contributed by atoms with Gasteiger partial charge in [-0.25, -0.2) is 4.98 Å². The monoisotopic (exact) mass is 246 g/mol. The van der Waals surface area contributed by atoms with Crippen molar-refractivity contribution in [2.45, 2.75) is 6.42 Å². The highest BCUT2D eigenvalue weighted by molar-refractivity contribution is 7.13. The molecule has 1 amide bonds. The third-order valence-electron chi connectivity index (χ3n) is 2.90. The van der Waals surface area contributed by atoms with Gasteiger partial charge in [0.25, 0.3) is 0 Å². The summed E-state index contributed by atoms with van der Waals surface area (Å²) in [5, 5.41) is 11.6. The molecule has 0 atom stereocenters. The number of nitrogens with zero attached hydrogens (tertiary/aromatic N) is 2. The number of anilines is 1. The van der Waals surface area contributed by atoms with Crippen molar-refractivity contribution in [3.63, 3.8) is 0 Å². The molecule has 1 aliphatic heterocycles. The average molecular weight is 246 g/mol. The Morgan fingerprint density at radius 3 is 3.00 bits per heavy atom. The first-order valence-electron chi connectivity index (χ1n) is 5.19. The van der Waals surface area contributed by atoms with Gasteiger partial charge >= 0.3 is 0 Å². The van der Waals surface area contributed by atoms with Gasteiger partial charge in [0.1, 0.15) is 5.01 Å². The Labute approximate surface area is 102 Å². The summed E-state index contributed by atoms with van der Waals surface area (Å²) < 4.78 is 0. The van der Waals surface area contributed by atoms with Crippen LogP contribution in [0.5, 0.6) is 5.88 Å². The molecular formula is C12H10N2O2S.